The van der Waals surface area contributed by atoms with E-state index in [4.69, 9.17) is 21.1 Å². The zero-order chi connectivity index (χ0) is 17.8. The van der Waals surface area contributed by atoms with E-state index in [0.29, 0.717) is 24.6 Å². The topological polar surface area (TPSA) is 50.8 Å². The molecule has 132 valence electrons. The quantitative estimate of drug-likeness (QED) is 0.885. The largest absolute Gasteiger partial charge is 0.486 e. The number of carbonyl (C=O) groups excluding carboxylic acids is 1. The van der Waals surface area contributed by atoms with Crippen LogP contribution in [-0.4, -0.2) is 43.7 Å². The maximum atomic E-state index is 13.1. The molecule has 25 heavy (non-hydrogen) atoms. The number of para-hydroxylation sites is 2. The van der Waals surface area contributed by atoms with Crippen LogP contribution in [0.2, 0.25) is 5.02 Å². The summed E-state index contributed by atoms with van der Waals surface area (Å²) < 4.78 is 24.7. The fourth-order valence-corrected chi connectivity index (χ4v) is 2.77. The van der Waals surface area contributed by atoms with Gasteiger partial charge in [0.25, 0.3) is 0 Å². The Kier molecular flexibility index (Phi) is 5.40. The lowest BCUT2D eigenvalue weighted by Gasteiger charge is -2.29. The molecular formula is C18H18ClFN2O3. The molecule has 3 rings (SSSR count). The van der Waals surface area contributed by atoms with Crippen molar-refractivity contribution in [3.05, 3.63) is 53.3 Å². The Morgan fingerprint density at radius 1 is 1.32 bits per heavy atom. The van der Waals surface area contributed by atoms with E-state index in [2.05, 4.69) is 5.32 Å². The standard InChI is InChI=1S/C18H18ClFN2O3/c1-22(9-13-11-24-16-4-2-3-5-17(16)25-13)10-18(23)21-12-6-7-15(20)14(19)8-12/h2-8,13H,9-11H2,1H3,(H,21,23). The predicted molar refractivity (Wildman–Crippen MR) is 93.9 cm³/mol. The smallest absolute Gasteiger partial charge is 0.238 e. The summed E-state index contributed by atoms with van der Waals surface area (Å²) >= 11 is 5.71. The van der Waals surface area contributed by atoms with Crippen LogP contribution in [0.1, 0.15) is 0 Å². The van der Waals surface area contributed by atoms with Crippen molar-refractivity contribution in [3.63, 3.8) is 0 Å². The zero-order valence-corrected chi connectivity index (χ0v) is 14.4. The van der Waals surface area contributed by atoms with E-state index in [-0.39, 0.29) is 23.6 Å². The molecule has 1 amide bonds. The van der Waals surface area contributed by atoms with Crippen LogP contribution in [0.25, 0.3) is 0 Å². The Morgan fingerprint density at radius 2 is 2.08 bits per heavy atom. The normalized spacial score (nSPS) is 15.9. The number of nitrogens with zero attached hydrogens (tertiary/aromatic N) is 1. The second-order valence-corrected chi connectivity index (χ2v) is 6.28. The molecule has 0 aliphatic carbocycles. The first kappa shape index (κ1) is 17.5. The molecule has 0 aromatic heterocycles. The van der Waals surface area contributed by atoms with Crippen LogP contribution in [0.5, 0.6) is 11.5 Å². The van der Waals surface area contributed by atoms with E-state index >= 15 is 0 Å². The Hall–Kier alpha value is -2.31. The highest BCUT2D eigenvalue weighted by molar-refractivity contribution is 6.31. The summed E-state index contributed by atoms with van der Waals surface area (Å²) in [5.41, 5.74) is 0.455. The lowest BCUT2D eigenvalue weighted by atomic mass is 10.2. The third-order valence-electron chi connectivity index (χ3n) is 3.70. The number of amides is 1. The zero-order valence-electron chi connectivity index (χ0n) is 13.7. The minimum atomic E-state index is -0.522. The molecule has 1 aliphatic rings. The molecule has 5 nitrogen and oxygen atoms in total. The van der Waals surface area contributed by atoms with Gasteiger partial charge >= 0.3 is 0 Å². The van der Waals surface area contributed by atoms with Crippen molar-refractivity contribution in [2.45, 2.75) is 6.10 Å². The van der Waals surface area contributed by atoms with Crippen molar-refractivity contribution in [1.82, 2.24) is 4.90 Å². The number of ether oxygens (including phenoxy) is 2. The van der Waals surface area contributed by atoms with Crippen LogP contribution in [-0.2, 0) is 4.79 Å². The molecule has 0 bridgehead atoms. The van der Waals surface area contributed by atoms with Crippen molar-refractivity contribution in [2.24, 2.45) is 0 Å². The van der Waals surface area contributed by atoms with E-state index in [1.807, 2.05) is 36.2 Å². The first-order valence-corrected chi connectivity index (χ1v) is 8.21. The van der Waals surface area contributed by atoms with E-state index < -0.39 is 5.82 Å². The SMILES string of the molecule is CN(CC(=O)Nc1ccc(F)c(Cl)c1)CC1COc2ccccc2O1. The van der Waals surface area contributed by atoms with Gasteiger partial charge in [-0.25, -0.2) is 4.39 Å². The monoisotopic (exact) mass is 364 g/mol. The minimum Gasteiger partial charge on any atom is -0.486 e. The van der Waals surface area contributed by atoms with Crippen LogP contribution >= 0.6 is 11.6 Å². The number of anilines is 1. The Balaban J connectivity index is 1.50. The Morgan fingerprint density at radius 3 is 2.84 bits per heavy atom. The summed E-state index contributed by atoms with van der Waals surface area (Å²) in [6.07, 6.45) is -0.159. The predicted octanol–water partition coefficient (Wildman–Crippen LogP) is 3.19. The molecule has 0 radical (unpaired) electrons. The van der Waals surface area contributed by atoms with E-state index in [9.17, 15) is 9.18 Å². The average molecular weight is 365 g/mol. The third-order valence-corrected chi connectivity index (χ3v) is 3.99. The number of hydrogen-bond donors (Lipinski definition) is 1. The maximum Gasteiger partial charge on any atom is 0.238 e. The molecule has 7 heteroatoms. The van der Waals surface area contributed by atoms with Gasteiger partial charge in [-0.05, 0) is 37.4 Å². The molecule has 1 unspecified atom stereocenters. The average Bonchev–Trinajstić information content (AvgIpc) is 2.58. The summed E-state index contributed by atoms with van der Waals surface area (Å²) in [4.78, 5) is 13.9. The summed E-state index contributed by atoms with van der Waals surface area (Å²) in [6.45, 7) is 1.12. The molecule has 1 heterocycles. The van der Waals surface area contributed by atoms with Gasteiger partial charge in [0.2, 0.25) is 5.91 Å². The lowest BCUT2D eigenvalue weighted by Crippen LogP contribution is -2.42. The highest BCUT2D eigenvalue weighted by Gasteiger charge is 2.22. The van der Waals surface area contributed by atoms with Crippen molar-refractivity contribution in [2.75, 3.05) is 32.1 Å². The first-order chi connectivity index (χ1) is 12.0. The summed E-state index contributed by atoms with van der Waals surface area (Å²) in [7, 11) is 1.82. The molecular weight excluding hydrogens is 347 g/mol. The number of fused-ring (bicyclic) bond motifs is 1. The molecule has 0 saturated heterocycles. The third kappa shape index (κ3) is 4.61. The first-order valence-electron chi connectivity index (χ1n) is 7.83. The molecule has 2 aromatic rings. The number of carbonyl (C=O) groups is 1. The molecule has 1 N–H and O–H groups in total. The van der Waals surface area contributed by atoms with Crippen LogP contribution in [0.15, 0.2) is 42.5 Å². The second-order valence-electron chi connectivity index (χ2n) is 5.87. The molecule has 0 saturated carbocycles. The van der Waals surface area contributed by atoms with Crippen LogP contribution < -0.4 is 14.8 Å². The van der Waals surface area contributed by atoms with Gasteiger partial charge in [-0.15, -0.1) is 0 Å². The number of likely N-dealkylation sites (N-methyl/N-ethyl adjacent to an activating group) is 1. The number of nitrogens with one attached hydrogen (secondary N) is 1. The van der Waals surface area contributed by atoms with Crippen molar-refractivity contribution < 1.29 is 18.7 Å². The second kappa shape index (κ2) is 7.72. The highest BCUT2D eigenvalue weighted by Crippen LogP contribution is 2.30. The molecule has 1 aliphatic heterocycles. The summed E-state index contributed by atoms with van der Waals surface area (Å²) in [5, 5.41) is 2.66. The number of halogens is 2. The van der Waals surface area contributed by atoms with Gasteiger partial charge in [0, 0.05) is 12.2 Å². The van der Waals surface area contributed by atoms with Gasteiger partial charge in [0.1, 0.15) is 18.5 Å². The van der Waals surface area contributed by atoms with Gasteiger partial charge in [-0.1, -0.05) is 23.7 Å². The van der Waals surface area contributed by atoms with Gasteiger partial charge in [-0.2, -0.15) is 0 Å². The summed E-state index contributed by atoms with van der Waals surface area (Å²) in [5.74, 6) is 0.693. The molecule has 1 atom stereocenters. The van der Waals surface area contributed by atoms with E-state index in [1.54, 1.807) is 0 Å². The van der Waals surface area contributed by atoms with Crippen molar-refractivity contribution in [3.8, 4) is 11.5 Å². The van der Waals surface area contributed by atoms with E-state index in [1.165, 1.54) is 18.2 Å². The molecule has 0 spiro atoms. The fourth-order valence-electron chi connectivity index (χ4n) is 2.58. The molecule has 0 fully saturated rings. The fraction of sp³-hybridized carbons (Fsp3) is 0.278. The van der Waals surface area contributed by atoms with Gasteiger partial charge in [-0.3, -0.25) is 9.69 Å². The number of rotatable bonds is 5. The van der Waals surface area contributed by atoms with Gasteiger partial charge in [0.05, 0.1) is 11.6 Å². The van der Waals surface area contributed by atoms with Crippen molar-refractivity contribution >= 4 is 23.2 Å². The maximum absolute atomic E-state index is 13.1. The molecule has 2 aromatic carbocycles. The Labute approximate surface area is 150 Å². The van der Waals surface area contributed by atoms with E-state index in [0.717, 1.165) is 5.75 Å². The Bertz CT molecular complexity index is 772. The van der Waals surface area contributed by atoms with Gasteiger partial charge < -0.3 is 14.8 Å². The number of benzene rings is 2. The minimum absolute atomic E-state index is 0.0300. The van der Waals surface area contributed by atoms with Crippen LogP contribution in [0.3, 0.4) is 0 Å². The van der Waals surface area contributed by atoms with Crippen molar-refractivity contribution in [1.29, 1.82) is 0 Å². The van der Waals surface area contributed by atoms with Gasteiger partial charge in [0.15, 0.2) is 11.5 Å². The summed E-state index contributed by atoms with van der Waals surface area (Å²) in [6, 6.07) is 11.5. The lowest BCUT2D eigenvalue weighted by molar-refractivity contribution is -0.117. The highest BCUT2D eigenvalue weighted by atomic mass is 35.5. The number of hydrogen-bond acceptors (Lipinski definition) is 4. The van der Waals surface area contributed by atoms with Crippen LogP contribution in [0, 0.1) is 5.82 Å². The van der Waals surface area contributed by atoms with Crippen LogP contribution in [0.4, 0.5) is 10.1 Å².